The van der Waals surface area contributed by atoms with Crippen LogP contribution in [-0.4, -0.2) is 38.5 Å². The zero-order valence-corrected chi connectivity index (χ0v) is 21.8. The van der Waals surface area contributed by atoms with Gasteiger partial charge in [-0.05, 0) is 36.2 Å². The van der Waals surface area contributed by atoms with Gasteiger partial charge in [-0.2, -0.15) is 0 Å². The first kappa shape index (κ1) is 26.5. The van der Waals surface area contributed by atoms with Crippen LogP contribution in [-0.2, 0) is 19.6 Å². The van der Waals surface area contributed by atoms with Crippen molar-refractivity contribution in [2.75, 3.05) is 11.4 Å². The lowest BCUT2D eigenvalue weighted by Gasteiger charge is -2.26. The summed E-state index contributed by atoms with van der Waals surface area (Å²) in [7, 11) is -4.50. The number of benzodiazepines with no additional fused rings is 1. The lowest BCUT2D eigenvalue weighted by atomic mass is 9.98. The van der Waals surface area contributed by atoms with Crippen molar-refractivity contribution in [2.45, 2.75) is 31.2 Å². The van der Waals surface area contributed by atoms with E-state index in [1.54, 1.807) is 18.2 Å². The number of hydrogen-bond acceptors (Lipinski definition) is 5. The molecule has 192 valence electrons. The third-order valence-corrected chi connectivity index (χ3v) is 7.84. The average molecular weight is 542 g/mol. The van der Waals surface area contributed by atoms with Crippen molar-refractivity contribution in [3.05, 3.63) is 94.8 Å². The van der Waals surface area contributed by atoms with Crippen molar-refractivity contribution >= 4 is 44.8 Å². The van der Waals surface area contributed by atoms with Gasteiger partial charge in [-0.25, -0.2) is 17.5 Å². The molecule has 2 atom stereocenters. The molecule has 2 amide bonds. The Morgan fingerprint density at radius 2 is 1.78 bits per heavy atom. The van der Waals surface area contributed by atoms with E-state index in [0.717, 1.165) is 17.7 Å². The minimum atomic E-state index is -4.50. The van der Waals surface area contributed by atoms with E-state index in [-0.39, 0.29) is 5.92 Å². The summed E-state index contributed by atoms with van der Waals surface area (Å²) in [6.45, 7) is 3.20. The first-order valence-electron chi connectivity index (χ1n) is 11.7. The van der Waals surface area contributed by atoms with Crippen LogP contribution in [0.15, 0.2) is 82.7 Å². The smallest absolute Gasteiger partial charge is 0.267 e. The summed E-state index contributed by atoms with van der Waals surface area (Å²) < 4.78 is 41.4. The van der Waals surface area contributed by atoms with Crippen LogP contribution in [0.3, 0.4) is 0 Å². The highest BCUT2D eigenvalue weighted by Gasteiger charge is 2.36. The molecule has 10 heteroatoms. The zero-order valence-electron chi connectivity index (χ0n) is 20.2. The molecule has 0 unspecified atom stereocenters. The Hall–Kier alpha value is -3.56. The van der Waals surface area contributed by atoms with Crippen LogP contribution in [0.4, 0.5) is 10.1 Å². The Kier molecular flexibility index (Phi) is 7.75. The molecule has 1 aliphatic rings. The summed E-state index contributed by atoms with van der Waals surface area (Å²) in [5.74, 6) is -2.62. The monoisotopic (exact) mass is 541 g/mol. The van der Waals surface area contributed by atoms with Crippen molar-refractivity contribution < 1.29 is 22.4 Å². The fraction of sp³-hybridized carbons (Fsp3) is 0.222. The maximum atomic E-state index is 14.1. The molecule has 1 N–H and O–H groups in total. The van der Waals surface area contributed by atoms with Crippen molar-refractivity contribution in [1.29, 1.82) is 0 Å². The molecule has 0 spiro atoms. The highest BCUT2D eigenvalue weighted by Crippen LogP contribution is 2.33. The van der Waals surface area contributed by atoms with Gasteiger partial charge >= 0.3 is 0 Å². The molecule has 0 saturated carbocycles. The summed E-state index contributed by atoms with van der Waals surface area (Å²) in [5, 5.41) is 0.406. The van der Waals surface area contributed by atoms with Crippen molar-refractivity contribution in [1.82, 2.24) is 4.72 Å². The van der Waals surface area contributed by atoms with Crippen molar-refractivity contribution in [3.8, 4) is 0 Å². The van der Waals surface area contributed by atoms with Crippen molar-refractivity contribution in [3.63, 3.8) is 0 Å². The maximum absolute atomic E-state index is 14.1. The molecule has 0 aliphatic carbocycles. The number of rotatable bonds is 7. The number of carbonyl (C=O) groups is 2. The van der Waals surface area contributed by atoms with Gasteiger partial charge in [-0.3, -0.25) is 14.6 Å². The number of nitrogens with one attached hydrogen (secondary N) is 1. The molecular formula is C27H25ClFN3O4S. The lowest BCUT2D eigenvalue weighted by Crippen LogP contribution is -2.47. The first-order valence-corrected chi connectivity index (χ1v) is 13.5. The van der Waals surface area contributed by atoms with Crippen LogP contribution in [0.2, 0.25) is 5.02 Å². The summed E-state index contributed by atoms with van der Waals surface area (Å²) in [4.78, 5) is 32.2. The van der Waals surface area contributed by atoms with Crippen molar-refractivity contribution in [2.24, 2.45) is 10.9 Å². The Morgan fingerprint density at radius 3 is 2.46 bits per heavy atom. The van der Waals surface area contributed by atoms with Gasteiger partial charge in [0.15, 0.2) is 0 Å². The Labute approximate surface area is 220 Å². The van der Waals surface area contributed by atoms with Crippen LogP contribution in [0.5, 0.6) is 0 Å². The Balaban J connectivity index is 1.77. The van der Waals surface area contributed by atoms with Gasteiger partial charge in [0.2, 0.25) is 0 Å². The molecule has 37 heavy (non-hydrogen) atoms. The Bertz CT molecular complexity index is 1480. The van der Waals surface area contributed by atoms with E-state index < -0.39 is 45.1 Å². The third-order valence-electron chi connectivity index (χ3n) is 6.20. The van der Waals surface area contributed by atoms with Crippen LogP contribution in [0.25, 0.3) is 0 Å². The SMILES string of the molecule is CC[C@H](C)[C@@H]1N=C(c2ccccc2)c2cc(Cl)ccc2N(CC(=O)NS(=O)(=O)c2ccccc2F)C1=O. The third kappa shape index (κ3) is 5.57. The number of nitrogens with zero attached hydrogens (tertiary/aromatic N) is 2. The van der Waals surface area contributed by atoms with Crippen LogP contribution < -0.4 is 9.62 Å². The summed E-state index contributed by atoms with van der Waals surface area (Å²) in [6.07, 6.45) is 0.640. The molecule has 0 aromatic heterocycles. The van der Waals surface area contributed by atoms with E-state index in [1.807, 2.05) is 48.9 Å². The fourth-order valence-electron chi connectivity index (χ4n) is 4.10. The lowest BCUT2D eigenvalue weighted by molar-refractivity contribution is -0.124. The second-order valence-electron chi connectivity index (χ2n) is 8.72. The molecule has 0 fully saturated rings. The van der Waals surface area contributed by atoms with E-state index in [1.165, 1.54) is 17.0 Å². The molecule has 0 saturated heterocycles. The molecule has 1 heterocycles. The van der Waals surface area contributed by atoms with Gasteiger partial charge < -0.3 is 4.90 Å². The van der Waals surface area contributed by atoms with E-state index in [4.69, 9.17) is 16.6 Å². The van der Waals surface area contributed by atoms with Gasteiger partial charge in [-0.15, -0.1) is 0 Å². The van der Waals surface area contributed by atoms with E-state index in [0.29, 0.717) is 28.4 Å². The normalized spacial score (nSPS) is 16.4. The second-order valence-corrected chi connectivity index (χ2v) is 10.8. The number of hydrogen-bond donors (Lipinski definition) is 1. The molecule has 4 rings (SSSR count). The summed E-state index contributed by atoms with van der Waals surface area (Å²) >= 11 is 6.32. The minimum Gasteiger partial charge on any atom is -0.300 e. The quantitative estimate of drug-likeness (QED) is 0.473. The number of halogens is 2. The number of benzene rings is 3. The highest BCUT2D eigenvalue weighted by atomic mass is 35.5. The highest BCUT2D eigenvalue weighted by molar-refractivity contribution is 7.90. The number of aliphatic imine (C=N–C) groups is 1. The van der Waals surface area contributed by atoms with Gasteiger partial charge in [-0.1, -0.05) is 74.3 Å². The second kappa shape index (κ2) is 10.8. The standard InChI is InChI=1S/C27H25ClFN3O4S/c1-3-17(2)25-27(34)32(16-24(33)31-37(35,36)23-12-8-7-11-21(23)29)22-14-13-19(28)15-20(22)26(30-25)18-9-5-4-6-10-18/h4-15,17,25H,3,16H2,1-2H3,(H,31,33)/t17-,25-/m0/s1. The molecule has 1 aliphatic heterocycles. The van der Waals surface area contributed by atoms with Gasteiger partial charge in [0.05, 0.1) is 11.4 Å². The molecule has 3 aromatic rings. The van der Waals surface area contributed by atoms with Crippen LogP contribution in [0.1, 0.15) is 31.4 Å². The molecule has 3 aromatic carbocycles. The van der Waals surface area contributed by atoms with Crippen LogP contribution in [0, 0.1) is 11.7 Å². The number of sulfonamides is 1. The zero-order chi connectivity index (χ0) is 26.7. The van der Waals surface area contributed by atoms with Gasteiger partial charge in [0, 0.05) is 16.1 Å². The van der Waals surface area contributed by atoms with Crippen LogP contribution >= 0.6 is 11.6 Å². The van der Waals surface area contributed by atoms with Gasteiger partial charge in [0.25, 0.3) is 21.8 Å². The molecule has 7 nitrogen and oxygen atoms in total. The van der Waals surface area contributed by atoms with Gasteiger partial charge in [0.1, 0.15) is 23.3 Å². The van der Waals surface area contributed by atoms with E-state index in [2.05, 4.69) is 0 Å². The average Bonchev–Trinajstić information content (AvgIpc) is 2.98. The summed E-state index contributed by atoms with van der Waals surface area (Å²) in [6, 6.07) is 18.0. The number of anilines is 1. The predicted octanol–water partition coefficient (Wildman–Crippen LogP) is 4.58. The Morgan fingerprint density at radius 1 is 1.11 bits per heavy atom. The number of carbonyl (C=O) groups excluding carboxylic acids is 2. The predicted molar refractivity (Wildman–Crippen MR) is 141 cm³/mol. The molecule has 0 bridgehead atoms. The maximum Gasteiger partial charge on any atom is 0.267 e. The fourth-order valence-corrected chi connectivity index (χ4v) is 5.33. The topological polar surface area (TPSA) is 95.9 Å². The first-order chi connectivity index (χ1) is 17.6. The largest absolute Gasteiger partial charge is 0.300 e. The number of amides is 2. The summed E-state index contributed by atoms with van der Waals surface area (Å²) in [5.41, 5.74) is 2.20. The van der Waals surface area contributed by atoms with E-state index in [9.17, 15) is 22.4 Å². The minimum absolute atomic E-state index is 0.177. The molecular weight excluding hydrogens is 517 g/mol. The molecule has 0 radical (unpaired) electrons. The number of fused-ring (bicyclic) bond motifs is 1. The van der Waals surface area contributed by atoms with E-state index >= 15 is 0 Å².